The smallest absolute Gasteiger partial charge is 0.323 e. The van der Waals surface area contributed by atoms with Gasteiger partial charge >= 0.3 is 6.03 Å². The van der Waals surface area contributed by atoms with Crippen LogP contribution in [0.15, 0.2) is 48.9 Å². The molecule has 0 radical (unpaired) electrons. The number of aromatic nitrogens is 5. The fraction of sp³-hybridized carbons (Fsp3) is 0.200. The number of carbonyl (C=O) groups excluding carboxylic acids is 1. The number of benzene rings is 2. The van der Waals surface area contributed by atoms with Gasteiger partial charge in [0.05, 0.1) is 22.1 Å². The Morgan fingerprint density at radius 1 is 1.08 bits per heavy atom. The lowest BCUT2D eigenvalue weighted by Gasteiger charge is -2.12. The molecule has 0 spiro atoms. The number of rotatable bonds is 4. The van der Waals surface area contributed by atoms with E-state index in [0.29, 0.717) is 40.5 Å². The highest BCUT2D eigenvalue weighted by Gasteiger charge is 2.24. The number of nitrogens with one attached hydrogen (secondary N) is 3. The van der Waals surface area contributed by atoms with Crippen LogP contribution in [0.1, 0.15) is 31.7 Å². The van der Waals surface area contributed by atoms with Gasteiger partial charge in [0.2, 0.25) is 0 Å². The number of anilines is 3. The fourth-order valence-electron chi connectivity index (χ4n) is 4.84. The first-order valence-corrected chi connectivity index (χ1v) is 11.6. The van der Waals surface area contributed by atoms with E-state index >= 15 is 0 Å². The Morgan fingerprint density at radius 3 is 2.72 bits per heavy atom. The lowest BCUT2D eigenvalue weighted by Crippen LogP contribution is -2.20. The van der Waals surface area contributed by atoms with Gasteiger partial charge in [-0.1, -0.05) is 12.8 Å². The summed E-state index contributed by atoms with van der Waals surface area (Å²) in [5.41, 5.74) is 9.57. The van der Waals surface area contributed by atoms with Crippen LogP contribution in [0.25, 0.3) is 33.5 Å². The minimum Gasteiger partial charge on any atom is -0.383 e. The minimum absolute atomic E-state index is 0.128. The predicted octanol–water partition coefficient (Wildman–Crippen LogP) is 5.59. The summed E-state index contributed by atoms with van der Waals surface area (Å²) in [6, 6.07) is 7.80. The molecule has 0 atom stereocenters. The van der Waals surface area contributed by atoms with Gasteiger partial charge in [-0.15, -0.1) is 0 Å². The second-order valence-corrected chi connectivity index (χ2v) is 8.87. The maximum atomic E-state index is 13.8. The van der Waals surface area contributed by atoms with Gasteiger partial charge in [0, 0.05) is 29.6 Å². The molecule has 36 heavy (non-hydrogen) atoms. The monoisotopic (exact) mass is 488 g/mol. The topological polar surface area (TPSA) is 127 Å². The largest absolute Gasteiger partial charge is 0.383 e. The molecule has 0 saturated heterocycles. The van der Waals surface area contributed by atoms with Crippen molar-refractivity contribution in [2.24, 2.45) is 0 Å². The molecule has 3 heterocycles. The zero-order valence-corrected chi connectivity index (χ0v) is 19.1. The van der Waals surface area contributed by atoms with Gasteiger partial charge in [-0.2, -0.15) is 0 Å². The number of fused-ring (bicyclic) bond motifs is 2. The van der Waals surface area contributed by atoms with Gasteiger partial charge < -0.3 is 25.9 Å². The van der Waals surface area contributed by atoms with E-state index in [2.05, 4.69) is 30.2 Å². The van der Waals surface area contributed by atoms with Crippen molar-refractivity contribution < 1.29 is 13.6 Å². The molecule has 1 aliphatic rings. The van der Waals surface area contributed by atoms with Gasteiger partial charge in [-0.05, 0) is 43.2 Å². The van der Waals surface area contributed by atoms with Crippen LogP contribution in [-0.4, -0.2) is 30.5 Å². The SMILES string of the molecule is Nc1ncnc2c1c(-c1nc3ccc(NC(=O)Nc4ccc(F)cc4F)cc3[nH]1)cn2C1CCCC1. The molecule has 2 aromatic carbocycles. The molecule has 1 fully saturated rings. The number of hydrogen-bond donors (Lipinski definition) is 4. The Morgan fingerprint density at radius 2 is 1.92 bits per heavy atom. The number of nitrogens with two attached hydrogens (primary N) is 1. The molecule has 182 valence electrons. The number of amides is 2. The van der Waals surface area contributed by atoms with E-state index in [1.807, 2.05) is 6.20 Å². The van der Waals surface area contributed by atoms with Gasteiger partial charge in [0.25, 0.3) is 0 Å². The Bertz CT molecular complexity index is 1620. The molecule has 3 aromatic heterocycles. The number of aromatic amines is 1. The Kier molecular flexibility index (Phi) is 5.24. The lowest BCUT2D eigenvalue weighted by molar-refractivity contribution is 0.262. The molecule has 5 aromatic rings. The van der Waals surface area contributed by atoms with E-state index in [-0.39, 0.29) is 5.69 Å². The molecule has 2 amide bonds. The molecule has 1 aliphatic carbocycles. The lowest BCUT2D eigenvalue weighted by atomic mass is 10.2. The first-order chi connectivity index (χ1) is 17.5. The van der Waals surface area contributed by atoms with Crippen LogP contribution in [0, 0.1) is 11.6 Å². The molecule has 11 heteroatoms. The summed E-state index contributed by atoms with van der Waals surface area (Å²) < 4.78 is 29.1. The van der Waals surface area contributed by atoms with Crippen molar-refractivity contribution in [3.63, 3.8) is 0 Å². The quantitative estimate of drug-likeness (QED) is 0.262. The summed E-state index contributed by atoms with van der Waals surface area (Å²) in [6.07, 6.45) is 8.06. The van der Waals surface area contributed by atoms with Gasteiger partial charge in [-0.25, -0.2) is 28.5 Å². The van der Waals surface area contributed by atoms with Crippen molar-refractivity contribution in [2.45, 2.75) is 31.7 Å². The van der Waals surface area contributed by atoms with E-state index in [1.54, 1.807) is 18.2 Å². The van der Waals surface area contributed by atoms with Gasteiger partial charge in [0.15, 0.2) is 0 Å². The molecule has 9 nitrogen and oxygen atoms in total. The van der Waals surface area contributed by atoms with Crippen LogP contribution < -0.4 is 16.4 Å². The highest BCUT2D eigenvalue weighted by atomic mass is 19.1. The third kappa shape index (κ3) is 3.88. The maximum Gasteiger partial charge on any atom is 0.323 e. The zero-order chi connectivity index (χ0) is 24.8. The number of hydrogen-bond acceptors (Lipinski definition) is 5. The molecular formula is C25H22F2N8O. The maximum absolute atomic E-state index is 13.8. The molecule has 6 rings (SSSR count). The van der Waals surface area contributed by atoms with E-state index in [9.17, 15) is 13.6 Å². The van der Waals surface area contributed by atoms with E-state index in [1.165, 1.54) is 19.2 Å². The molecule has 0 unspecified atom stereocenters. The number of halogens is 2. The molecular weight excluding hydrogens is 466 g/mol. The summed E-state index contributed by atoms with van der Waals surface area (Å²) in [5, 5.41) is 5.78. The predicted molar refractivity (Wildman–Crippen MR) is 134 cm³/mol. The zero-order valence-electron chi connectivity index (χ0n) is 19.1. The summed E-state index contributed by atoms with van der Waals surface area (Å²) in [6.45, 7) is 0. The Labute approximate surface area is 203 Å². The normalized spacial score (nSPS) is 14.1. The second-order valence-electron chi connectivity index (χ2n) is 8.87. The van der Waals surface area contributed by atoms with Crippen molar-refractivity contribution in [1.29, 1.82) is 0 Å². The van der Waals surface area contributed by atoms with E-state index < -0.39 is 17.7 Å². The van der Waals surface area contributed by atoms with Crippen LogP contribution in [0.2, 0.25) is 0 Å². The standard InChI is InChI=1S/C25H22F2N8O/c26-13-5-7-18(17(27)9-13)34-25(36)31-14-6-8-19-20(10-14)33-23(32-19)16-11-35(15-3-1-2-4-15)24-21(16)22(28)29-12-30-24/h5-12,15H,1-4H2,(H,32,33)(H2,28,29,30)(H2,31,34,36). The number of carbonyl (C=O) groups is 1. The van der Waals surface area contributed by atoms with Crippen LogP contribution in [-0.2, 0) is 0 Å². The molecule has 0 bridgehead atoms. The number of H-pyrrole nitrogens is 1. The van der Waals surface area contributed by atoms with Crippen molar-refractivity contribution in [3.8, 4) is 11.4 Å². The molecule has 5 N–H and O–H groups in total. The van der Waals surface area contributed by atoms with Crippen LogP contribution in [0.3, 0.4) is 0 Å². The van der Waals surface area contributed by atoms with Crippen molar-refractivity contribution >= 4 is 45.3 Å². The van der Waals surface area contributed by atoms with E-state index in [0.717, 1.165) is 41.6 Å². The highest BCUT2D eigenvalue weighted by Crippen LogP contribution is 2.38. The van der Waals surface area contributed by atoms with Crippen LogP contribution in [0.4, 0.5) is 30.8 Å². The first kappa shape index (κ1) is 22.0. The molecule has 0 aliphatic heterocycles. The van der Waals surface area contributed by atoms with Gasteiger partial charge in [-0.3, -0.25) is 0 Å². The Balaban J connectivity index is 1.31. The summed E-state index contributed by atoms with van der Waals surface area (Å²) >= 11 is 0. The average molecular weight is 489 g/mol. The first-order valence-electron chi connectivity index (χ1n) is 11.6. The minimum atomic E-state index is -0.862. The fourth-order valence-corrected chi connectivity index (χ4v) is 4.84. The van der Waals surface area contributed by atoms with Gasteiger partial charge in [0.1, 0.15) is 35.3 Å². The highest BCUT2D eigenvalue weighted by molar-refractivity contribution is 6.02. The third-order valence-electron chi connectivity index (χ3n) is 6.53. The number of urea groups is 1. The van der Waals surface area contributed by atoms with Crippen molar-refractivity contribution in [1.82, 2.24) is 24.5 Å². The van der Waals surface area contributed by atoms with E-state index in [4.69, 9.17) is 10.7 Å². The number of imidazole rings is 1. The third-order valence-corrected chi connectivity index (χ3v) is 6.53. The second kappa shape index (κ2) is 8.59. The van der Waals surface area contributed by atoms with Crippen LogP contribution >= 0.6 is 0 Å². The van der Waals surface area contributed by atoms with Crippen molar-refractivity contribution in [3.05, 3.63) is 60.6 Å². The average Bonchev–Trinajstić information content (AvgIpc) is 3.59. The number of nitrogen functional groups attached to an aromatic ring is 1. The number of nitrogens with zero attached hydrogens (tertiary/aromatic N) is 4. The summed E-state index contributed by atoms with van der Waals surface area (Å²) in [5.74, 6) is -0.583. The van der Waals surface area contributed by atoms with Crippen LogP contribution in [0.5, 0.6) is 0 Å². The Hall–Kier alpha value is -4.54. The van der Waals surface area contributed by atoms with Crippen molar-refractivity contribution in [2.75, 3.05) is 16.4 Å². The summed E-state index contributed by atoms with van der Waals surface area (Å²) in [4.78, 5) is 29.1. The molecule has 1 saturated carbocycles. The summed E-state index contributed by atoms with van der Waals surface area (Å²) in [7, 11) is 0.